The number of benzene rings is 2. The monoisotopic (exact) mass is 390 g/mol. The van der Waals surface area contributed by atoms with Gasteiger partial charge < -0.3 is 10.1 Å². The Morgan fingerprint density at radius 3 is 2.41 bits per heavy atom. The Balaban J connectivity index is 2.19. The fourth-order valence-electron chi connectivity index (χ4n) is 2.77. The number of anilines is 1. The summed E-state index contributed by atoms with van der Waals surface area (Å²) in [6.45, 7) is 4.00. The van der Waals surface area contributed by atoms with Crippen LogP contribution in [0.2, 0.25) is 0 Å². The summed E-state index contributed by atoms with van der Waals surface area (Å²) in [5.74, 6) is 0.192. The number of hydrogen-bond acceptors (Lipinski definition) is 4. The Kier molecular flexibility index (Phi) is 7.24. The van der Waals surface area contributed by atoms with Crippen LogP contribution in [0, 0.1) is 0 Å². The van der Waals surface area contributed by atoms with Gasteiger partial charge in [0.2, 0.25) is 15.9 Å². The number of hydrogen-bond donors (Lipinski definition) is 1. The van der Waals surface area contributed by atoms with Gasteiger partial charge in [-0.2, -0.15) is 0 Å². The van der Waals surface area contributed by atoms with Gasteiger partial charge in [-0.25, -0.2) is 8.42 Å². The SMILES string of the molecule is CCOc1cccc(N(CC(=O)NC(CC)c2ccccc2)S(C)(=O)=O)c1. The van der Waals surface area contributed by atoms with Crippen LogP contribution in [-0.2, 0) is 14.8 Å². The molecule has 0 aliphatic rings. The van der Waals surface area contributed by atoms with Crippen LogP contribution < -0.4 is 14.4 Å². The largest absolute Gasteiger partial charge is 0.494 e. The molecule has 0 heterocycles. The maximum Gasteiger partial charge on any atom is 0.241 e. The number of amides is 1. The standard InChI is InChI=1S/C20H26N2O4S/c1-4-19(16-10-7-6-8-11-16)21-20(23)15-22(27(3,24)25)17-12-9-13-18(14-17)26-5-2/h6-14,19H,4-5,15H2,1-3H3,(H,21,23). The van der Waals surface area contributed by atoms with Gasteiger partial charge in [-0.15, -0.1) is 0 Å². The molecule has 1 unspecified atom stereocenters. The highest BCUT2D eigenvalue weighted by Crippen LogP contribution is 2.23. The molecule has 1 amide bonds. The number of carbonyl (C=O) groups is 1. The topological polar surface area (TPSA) is 75.7 Å². The second kappa shape index (κ2) is 9.41. The number of sulfonamides is 1. The zero-order valence-corrected chi connectivity index (χ0v) is 16.7. The van der Waals surface area contributed by atoms with Crippen molar-refractivity contribution in [1.29, 1.82) is 0 Å². The minimum atomic E-state index is -3.63. The van der Waals surface area contributed by atoms with E-state index in [2.05, 4.69) is 5.32 Å². The van der Waals surface area contributed by atoms with Crippen molar-refractivity contribution in [1.82, 2.24) is 5.32 Å². The first kappa shape index (κ1) is 20.8. The molecule has 7 heteroatoms. The van der Waals surface area contributed by atoms with Crippen molar-refractivity contribution in [3.05, 3.63) is 60.2 Å². The summed E-state index contributed by atoms with van der Waals surface area (Å²) >= 11 is 0. The summed E-state index contributed by atoms with van der Waals surface area (Å²) < 4.78 is 31.1. The van der Waals surface area contributed by atoms with E-state index in [-0.39, 0.29) is 18.5 Å². The third-order valence-corrected chi connectivity index (χ3v) is 5.19. The van der Waals surface area contributed by atoms with E-state index in [9.17, 15) is 13.2 Å². The predicted octanol–water partition coefficient (Wildman–Crippen LogP) is 3.12. The van der Waals surface area contributed by atoms with E-state index in [1.165, 1.54) is 0 Å². The molecule has 1 N–H and O–H groups in total. The lowest BCUT2D eigenvalue weighted by Gasteiger charge is -2.24. The van der Waals surface area contributed by atoms with Crippen molar-refractivity contribution < 1.29 is 17.9 Å². The molecule has 0 saturated heterocycles. The zero-order valence-electron chi connectivity index (χ0n) is 15.9. The average Bonchev–Trinajstić information content (AvgIpc) is 2.64. The zero-order chi connectivity index (χ0) is 19.9. The normalized spacial score (nSPS) is 12.3. The van der Waals surface area contributed by atoms with Crippen LogP contribution >= 0.6 is 0 Å². The molecule has 0 radical (unpaired) electrons. The van der Waals surface area contributed by atoms with Gasteiger partial charge in [0.15, 0.2) is 0 Å². The molecule has 2 aromatic carbocycles. The van der Waals surface area contributed by atoms with Gasteiger partial charge >= 0.3 is 0 Å². The molecule has 0 spiro atoms. The number of nitrogens with zero attached hydrogens (tertiary/aromatic N) is 1. The minimum Gasteiger partial charge on any atom is -0.494 e. The molecule has 1 atom stereocenters. The number of ether oxygens (including phenoxy) is 1. The third kappa shape index (κ3) is 5.99. The van der Waals surface area contributed by atoms with Crippen molar-refractivity contribution in [3.63, 3.8) is 0 Å². The van der Waals surface area contributed by atoms with Crippen molar-refractivity contribution in [2.75, 3.05) is 23.7 Å². The molecule has 0 fully saturated rings. The van der Waals surface area contributed by atoms with E-state index in [1.54, 1.807) is 24.3 Å². The average molecular weight is 391 g/mol. The van der Waals surface area contributed by atoms with E-state index < -0.39 is 10.0 Å². The van der Waals surface area contributed by atoms with Gasteiger partial charge in [0, 0.05) is 6.07 Å². The van der Waals surface area contributed by atoms with Crippen LogP contribution in [-0.4, -0.2) is 33.7 Å². The number of nitrogens with one attached hydrogen (secondary N) is 1. The van der Waals surface area contributed by atoms with Crippen molar-refractivity contribution in [2.24, 2.45) is 0 Å². The smallest absolute Gasteiger partial charge is 0.241 e. The van der Waals surface area contributed by atoms with Crippen LogP contribution in [0.5, 0.6) is 5.75 Å². The quantitative estimate of drug-likeness (QED) is 0.714. The van der Waals surface area contributed by atoms with Crippen molar-refractivity contribution in [2.45, 2.75) is 26.3 Å². The molecular weight excluding hydrogens is 364 g/mol. The Morgan fingerprint density at radius 2 is 1.81 bits per heavy atom. The molecule has 0 saturated carbocycles. The van der Waals surface area contributed by atoms with E-state index >= 15 is 0 Å². The second-order valence-corrected chi connectivity index (χ2v) is 8.05. The number of rotatable bonds is 9. The van der Waals surface area contributed by atoms with Gasteiger partial charge in [0.1, 0.15) is 12.3 Å². The van der Waals surface area contributed by atoms with Crippen LogP contribution in [0.4, 0.5) is 5.69 Å². The van der Waals surface area contributed by atoms with Gasteiger partial charge in [0.25, 0.3) is 0 Å². The van der Waals surface area contributed by atoms with E-state index in [1.807, 2.05) is 44.2 Å². The summed E-state index contributed by atoms with van der Waals surface area (Å²) in [5.41, 5.74) is 1.38. The minimum absolute atomic E-state index is 0.171. The Hall–Kier alpha value is -2.54. The van der Waals surface area contributed by atoms with E-state index in [0.29, 0.717) is 24.5 Å². The lowest BCUT2D eigenvalue weighted by Crippen LogP contribution is -2.41. The molecule has 2 rings (SSSR count). The van der Waals surface area contributed by atoms with Crippen molar-refractivity contribution >= 4 is 21.6 Å². The maximum absolute atomic E-state index is 12.6. The highest BCUT2D eigenvalue weighted by Gasteiger charge is 2.23. The fourth-order valence-corrected chi connectivity index (χ4v) is 3.62. The van der Waals surface area contributed by atoms with Crippen LogP contribution in [0.25, 0.3) is 0 Å². The van der Waals surface area contributed by atoms with E-state index in [0.717, 1.165) is 16.1 Å². The summed E-state index contributed by atoms with van der Waals surface area (Å²) in [7, 11) is -3.63. The highest BCUT2D eigenvalue weighted by molar-refractivity contribution is 7.92. The maximum atomic E-state index is 12.6. The van der Waals surface area contributed by atoms with Gasteiger partial charge in [-0.05, 0) is 31.0 Å². The molecule has 6 nitrogen and oxygen atoms in total. The predicted molar refractivity (Wildman–Crippen MR) is 107 cm³/mol. The Labute approximate surface area is 161 Å². The third-order valence-electron chi connectivity index (χ3n) is 4.05. The van der Waals surface area contributed by atoms with Crippen LogP contribution in [0.3, 0.4) is 0 Å². The first-order chi connectivity index (χ1) is 12.8. The van der Waals surface area contributed by atoms with Crippen LogP contribution in [0.15, 0.2) is 54.6 Å². The van der Waals surface area contributed by atoms with E-state index in [4.69, 9.17) is 4.74 Å². The van der Waals surface area contributed by atoms with Gasteiger partial charge in [0.05, 0.1) is 24.6 Å². The molecule has 0 bridgehead atoms. The Morgan fingerprint density at radius 1 is 1.11 bits per heavy atom. The molecule has 146 valence electrons. The molecule has 27 heavy (non-hydrogen) atoms. The van der Waals surface area contributed by atoms with Gasteiger partial charge in [-0.3, -0.25) is 9.10 Å². The first-order valence-corrected chi connectivity index (χ1v) is 10.7. The summed E-state index contributed by atoms with van der Waals surface area (Å²) in [6.07, 6.45) is 1.79. The lowest BCUT2D eigenvalue weighted by atomic mass is 10.0. The molecule has 0 aromatic heterocycles. The Bertz CT molecular complexity index is 853. The van der Waals surface area contributed by atoms with Crippen molar-refractivity contribution in [3.8, 4) is 5.75 Å². The van der Waals surface area contributed by atoms with Crippen LogP contribution in [0.1, 0.15) is 31.9 Å². The molecule has 0 aliphatic carbocycles. The number of carbonyl (C=O) groups excluding carboxylic acids is 1. The summed E-state index contributed by atoms with van der Waals surface area (Å²) in [6, 6.07) is 16.1. The second-order valence-electron chi connectivity index (χ2n) is 6.14. The highest BCUT2D eigenvalue weighted by atomic mass is 32.2. The lowest BCUT2D eigenvalue weighted by molar-refractivity contribution is -0.120. The molecule has 2 aromatic rings. The summed E-state index contributed by atoms with van der Waals surface area (Å²) in [5, 5.41) is 2.92. The molecular formula is C20H26N2O4S. The molecule has 0 aliphatic heterocycles. The first-order valence-electron chi connectivity index (χ1n) is 8.90. The fraction of sp³-hybridized carbons (Fsp3) is 0.350. The van der Waals surface area contributed by atoms with Gasteiger partial charge in [-0.1, -0.05) is 43.3 Å². The summed E-state index contributed by atoms with van der Waals surface area (Å²) in [4.78, 5) is 12.6.